The highest BCUT2D eigenvalue weighted by Gasteiger charge is 2.51. The Balaban J connectivity index is 2.95. The highest BCUT2D eigenvalue weighted by atomic mass is 32.2. The van der Waals surface area contributed by atoms with Gasteiger partial charge in [-0.2, -0.15) is 12.6 Å². The molecule has 3 nitrogen and oxygen atoms in total. The molecule has 1 rings (SSSR count). The minimum absolute atomic E-state index is 0.410. The maximum Gasteiger partial charge on any atom is 0.500 e. The van der Waals surface area contributed by atoms with Crippen molar-refractivity contribution in [3.05, 3.63) is 0 Å². The van der Waals surface area contributed by atoms with Crippen molar-refractivity contribution in [3.8, 4) is 0 Å². The van der Waals surface area contributed by atoms with E-state index in [0.717, 1.165) is 19.3 Å². The van der Waals surface area contributed by atoms with Crippen LogP contribution in [0.1, 0.15) is 59.3 Å². The predicted octanol–water partition coefficient (Wildman–Crippen LogP) is 5.12. The molecule has 1 aliphatic rings. The highest BCUT2D eigenvalue weighted by molar-refractivity contribution is 8.18. The maximum absolute atomic E-state index is 5.99. The first kappa shape index (κ1) is 23.5. The lowest BCUT2D eigenvalue weighted by Gasteiger charge is -2.47. The van der Waals surface area contributed by atoms with E-state index in [0.29, 0.717) is 31.8 Å². The van der Waals surface area contributed by atoms with Crippen molar-refractivity contribution >= 4 is 59.3 Å². The molecule has 0 bridgehead atoms. The highest BCUT2D eigenvalue weighted by Crippen LogP contribution is 2.53. The molecule has 0 aromatic carbocycles. The SMILES string of the molecule is CCO[Si](CCC(S)(C1CCCCC1)C(S)(S)S)(OCC)OCC. The van der Waals surface area contributed by atoms with Crippen LogP contribution in [-0.2, 0) is 13.3 Å². The van der Waals surface area contributed by atoms with E-state index in [9.17, 15) is 0 Å². The number of hydrogen-bond acceptors (Lipinski definition) is 7. The molecule has 1 atom stereocenters. The van der Waals surface area contributed by atoms with Crippen LogP contribution in [0.25, 0.3) is 0 Å². The van der Waals surface area contributed by atoms with E-state index in [1.807, 2.05) is 20.8 Å². The first-order valence-corrected chi connectivity index (χ1v) is 12.8. The molecule has 8 heteroatoms. The summed E-state index contributed by atoms with van der Waals surface area (Å²) in [7, 11) is -2.70. The smallest absolute Gasteiger partial charge is 0.374 e. The van der Waals surface area contributed by atoms with Gasteiger partial charge in [0.25, 0.3) is 0 Å². The van der Waals surface area contributed by atoms with Gasteiger partial charge in [-0.1, -0.05) is 19.3 Å². The number of rotatable bonds is 11. The first-order chi connectivity index (χ1) is 11.2. The summed E-state index contributed by atoms with van der Waals surface area (Å²) in [6.45, 7) is 7.70. The van der Waals surface area contributed by atoms with Gasteiger partial charge < -0.3 is 13.3 Å². The van der Waals surface area contributed by atoms with Crippen molar-refractivity contribution in [2.24, 2.45) is 5.92 Å². The third-order valence-corrected chi connectivity index (χ3v) is 10.5. The van der Waals surface area contributed by atoms with Gasteiger partial charge in [-0.15, -0.1) is 37.9 Å². The third kappa shape index (κ3) is 6.29. The van der Waals surface area contributed by atoms with E-state index in [2.05, 4.69) is 37.9 Å². The second-order valence-corrected chi connectivity index (χ2v) is 13.0. The van der Waals surface area contributed by atoms with Gasteiger partial charge in [0.15, 0.2) is 0 Å². The Labute approximate surface area is 171 Å². The fourth-order valence-electron chi connectivity index (χ4n) is 3.57. The Morgan fingerprint density at radius 3 is 1.67 bits per heavy atom. The van der Waals surface area contributed by atoms with Crippen LogP contribution in [0.3, 0.4) is 0 Å². The van der Waals surface area contributed by atoms with Crippen LogP contribution in [-0.4, -0.2) is 36.8 Å². The molecule has 0 saturated heterocycles. The molecule has 1 unspecified atom stereocenters. The molecule has 144 valence electrons. The Bertz CT molecular complexity index is 345. The van der Waals surface area contributed by atoms with Gasteiger partial charge >= 0.3 is 8.80 Å². The standard InChI is InChI=1S/C16H34O3S4Si/c1-4-17-24(18-5-2,19-6-3)13-12-15(20,16(21,22)23)14-10-8-7-9-11-14/h14,20-23H,4-13H2,1-3H3. The van der Waals surface area contributed by atoms with E-state index in [-0.39, 0.29) is 0 Å². The fraction of sp³-hybridized carbons (Fsp3) is 1.00. The molecular formula is C16H34O3S4Si. The molecule has 0 aromatic heterocycles. The van der Waals surface area contributed by atoms with Crippen molar-refractivity contribution in [2.45, 2.75) is 73.5 Å². The molecule has 24 heavy (non-hydrogen) atoms. The molecule has 1 aliphatic carbocycles. The zero-order valence-electron chi connectivity index (χ0n) is 15.2. The normalized spacial score (nSPS) is 20.1. The lowest BCUT2D eigenvalue weighted by atomic mass is 9.78. The van der Waals surface area contributed by atoms with Crippen molar-refractivity contribution in [1.29, 1.82) is 0 Å². The third-order valence-electron chi connectivity index (χ3n) is 4.77. The van der Waals surface area contributed by atoms with E-state index in [1.165, 1.54) is 19.3 Å². The van der Waals surface area contributed by atoms with Crippen LogP contribution < -0.4 is 0 Å². The molecule has 0 aromatic rings. The molecule has 0 N–H and O–H groups in total. The summed E-state index contributed by atoms with van der Waals surface area (Å²) in [6, 6.07) is 0.714. The summed E-state index contributed by atoms with van der Waals surface area (Å²) in [5.74, 6) is 0.443. The predicted molar refractivity (Wildman–Crippen MR) is 118 cm³/mol. The number of hydrogen-bond donors (Lipinski definition) is 4. The lowest BCUT2D eigenvalue weighted by molar-refractivity contribution is 0.0691. The van der Waals surface area contributed by atoms with Crippen LogP contribution in [0.2, 0.25) is 6.04 Å². The second-order valence-electron chi connectivity index (χ2n) is 6.38. The largest absolute Gasteiger partial charge is 0.500 e. The van der Waals surface area contributed by atoms with Gasteiger partial charge in [-0.05, 0) is 46.0 Å². The summed E-state index contributed by atoms with van der Waals surface area (Å²) in [6.07, 6.45) is 6.85. The van der Waals surface area contributed by atoms with E-state index >= 15 is 0 Å². The molecule has 0 radical (unpaired) electrons. The Morgan fingerprint density at radius 1 is 0.833 bits per heavy atom. The lowest BCUT2D eigenvalue weighted by Crippen LogP contribution is -2.51. The van der Waals surface area contributed by atoms with Crippen LogP contribution in [0, 0.1) is 5.92 Å². The summed E-state index contributed by atoms with van der Waals surface area (Å²) < 4.78 is 16.8. The molecule has 0 heterocycles. The summed E-state index contributed by atoms with van der Waals surface area (Å²) in [5, 5.41) is 0. The second kappa shape index (κ2) is 10.7. The van der Waals surface area contributed by atoms with Crippen molar-refractivity contribution in [3.63, 3.8) is 0 Å². The van der Waals surface area contributed by atoms with Gasteiger partial charge in [0.05, 0.1) is 0 Å². The zero-order chi connectivity index (χ0) is 18.3. The molecule has 0 spiro atoms. The van der Waals surface area contributed by atoms with Crippen molar-refractivity contribution in [2.75, 3.05) is 19.8 Å². The maximum atomic E-state index is 5.99. The van der Waals surface area contributed by atoms with Crippen LogP contribution >= 0.6 is 50.5 Å². The summed E-state index contributed by atoms with van der Waals surface area (Å²) in [4.78, 5) is 0. The van der Waals surface area contributed by atoms with E-state index in [1.54, 1.807) is 0 Å². The van der Waals surface area contributed by atoms with Gasteiger partial charge in [0.2, 0.25) is 0 Å². The molecular weight excluding hydrogens is 397 g/mol. The quantitative estimate of drug-likeness (QED) is 0.208. The average Bonchev–Trinajstić information content (AvgIpc) is 2.53. The van der Waals surface area contributed by atoms with Crippen LogP contribution in [0.4, 0.5) is 0 Å². The van der Waals surface area contributed by atoms with Gasteiger partial charge in [0, 0.05) is 30.6 Å². The Hall–Kier alpha value is 1.50. The average molecular weight is 431 g/mol. The molecule has 0 amide bonds. The molecule has 0 aliphatic heterocycles. The minimum Gasteiger partial charge on any atom is -0.374 e. The van der Waals surface area contributed by atoms with Gasteiger partial charge in [0.1, 0.15) is 3.41 Å². The Kier molecular flexibility index (Phi) is 10.5. The van der Waals surface area contributed by atoms with E-state index in [4.69, 9.17) is 25.9 Å². The summed E-state index contributed by atoms with van der Waals surface area (Å²) in [5.41, 5.74) is 0. The number of thiol groups is 4. The van der Waals surface area contributed by atoms with E-state index < -0.39 is 17.0 Å². The van der Waals surface area contributed by atoms with Crippen molar-refractivity contribution in [1.82, 2.24) is 0 Å². The molecule has 1 fully saturated rings. The Morgan fingerprint density at radius 2 is 1.29 bits per heavy atom. The van der Waals surface area contributed by atoms with Crippen LogP contribution in [0.15, 0.2) is 0 Å². The summed E-state index contributed by atoms with van der Waals surface area (Å²) >= 11 is 19.1. The van der Waals surface area contributed by atoms with Crippen molar-refractivity contribution < 1.29 is 13.3 Å². The topological polar surface area (TPSA) is 27.7 Å². The van der Waals surface area contributed by atoms with Gasteiger partial charge in [-0.3, -0.25) is 0 Å². The first-order valence-electron chi connectivity index (χ1n) is 9.06. The minimum atomic E-state index is -2.70. The molecule has 1 saturated carbocycles. The van der Waals surface area contributed by atoms with Crippen LogP contribution in [0.5, 0.6) is 0 Å². The van der Waals surface area contributed by atoms with Gasteiger partial charge in [-0.25, -0.2) is 0 Å². The fourth-order valence-corrected chi connectivity index (χ4v) is 7.74. The zero-order valence-corrected chi connectivity index (χ0v) is 19.7. The monoisotopic (exact) mass is 430 g/mol.